The molecule has 0 N–H and O–H groups in total. The number of thiophene rings is 1. The standard InChI is InChI=1S/C22H25N3O6S4/c1-34(27,28)16-8-9-17-19(13-16)33-22(23-17)24(14-15-5-3-11-31-15)21(26)18-6-2-10-25(18)35(29,30)20-7-4-12-32-20/h4,7-9,12-13,15,18H,2-3,5-6,10-11,14H2,1H3. The summed E-state index contributed by atoms with van der Waals surface area (Å²) in [6.45, 7) is 1.16. The molecule has 0 saturated carbocycles. The van der Waals surface area contributed by atoms with Crippen molar-refractivity contribution >= 4 is 63.8 Å². The van der Waals surface area contributed by atoms with Gasteiger partial charge in [-0.3, -0.25) is 9.69 Å². The predicted octanol–water partition coefficient (Wildman–Crippen LogP) is 3.13. The van der Waals surface area contributed by atoms with Crippen LogP contribution in [-0.2, 0) is 29.4 Å². The molecule has 0 radical (unpaired) electrons. The summed E-state index contributed by atoms with van der Waals surface area (Å²) in [6.07, 6.45) is 3.69. The summed E-state index contributed by atoms with van der Waals surface area (Å²) in [5, 5.41) is 2.11. The molecule has 2 aromatic heterocycles. The average Bonchev–Trinajstić information content (AvgIpc) is 3.62. The number of anilines is 1. The molecule has 1 amide bonds. The lowest BCUT2D eigenvalue weighted by Gasteiger charge is -2.29. The van der Waals surface area contributed by atoms with Gasteiger partial charge in [0, 0.05) is 19.4 Å². The van der Waals surface area contributed by atoms with E-state index in [-0.39, 0.29) is 34.2 Å². The number of sulfone groups is 1. The van der Waals surface area contributed by atoms with E-state index in [1.54, 1.807) is 29.6 Å². The lowest BCUT2D eigenvalue weighted by molar-refractivity contribution is -0.122. The minimum Gasteiger partial charge on any atom is -0.376 e. The van der Waals surface area contributed by atoms with Crippen molar-refractivity contribution < 1.29 is 26.4 Å². The SMILES string of the molecule is CS(=O)(=O)c1ccc2nc(N(CC3CCCO3)C(=O)C3CCCN3S(=O)(=O)c3cccs3)sc2c1. The summed E-state index contributed by atoms with van der Waals surface area (Å²) in [7, 11) is -7.18. The van der Waals surface area contributed by atoms with Crippen LogP contribution >= 0.6 is 22.7 Å². The highest BCUT2D eigenvalue weighted by Gasteiger charge is 2.43. The highest BCUT2D eigenvalue weighted by Crippen LogP contribution is 2.35. The van der Waals surface area contributed by atoms with Crippen LogP contribution in [0.5, 0.6) is 0 Å². The quantitative estimate of drug-likeness (QED) is 0.440. The first-order chi connectivity index (χ1) is 16.6. The molecule has 0 spiro atoms. The first-order valence-electron chi connectivity index (χ1n) is 11.2. The monoisotopic (exact) mass is 555 g/mol. The molecule has 2 saturated heterocycles. The Kier molecular flexibility index (Phi) is 6.74. The Balaban J connectivity index is 1.51. The van der Waals surface area contributed by atoms with E-state index in [4.69, 9.17) is 4.74 Å². The highest BCUT2D eigenvalue weighted by atomic mass is 32.2. The number of rotatable bonds is 7. The lowest BCUT2D eigenvalue weighted by atomic mass is 10.2. The van der Waals surface area contributed by atoms with Crippen molar-refractivity contribution in [1.29, 1.82) is 0 Å². The second-order valence-electron chi connectivity index (χ2n) is 8.69. The van der Waals surface area contributed by atoms with E-state index in [1.807, 2.05) is 0 Å². The van der Waals surface area contributed by atoms with Crippen LogP contribution in [0.2, 0.25) is 0 Å². The van der Waals surface area contributed by atoms with Crippen LogP contribution in [0.25, 0.3) is 10.2 Å². The highest BCUT2D eigenvalue weighted by molar-refractivity contribution is 7.91. The Bertz CT molecular complexity index is 1440. The molecular weight excluding hydrogens is 531 g/mol. The molecule has 2 fully saturated rings. The Morgan fingerprint density at radius 1 is 1.20 bits per heavy atom. The number of benzene rings is 1. The van der Waals surface area contributed by atoms with Crippen LogP contribution in [-0.4, -0.2) is 70.1 Å². The van der Waals surface area contributed by atoms with Crippen molar-refractivity contribution in [2.75, 3.05) is 30.9 Å². The minimum absolute atomic E-state index is 0.165. The van der Waals surface area contributed by atoms with Crippen LogP contribution in [0.4, 0.5) is 5.13 Å². The van der Waals surface area contributed by atoms with Crippen molar-refractivity contribution in [3.05, 3.63) is 35.7 Å². The molecule has 9 nitrogen and oxygen atoms in total. The first-order valence-corrected chi connectivity index (χ1v) is 16.3. The minimum atomic E-state index is -3.79. The number of hydrogen-bond acceptors (Lipinski definition) is 9. The van der Waals surface area contributed by atoms with Gasteiger partial charge in [-0.1, -0.05) is 17.4 Å². The van der Waals surface area contributed by atoms with E-state index in [0.29, 0.717) is 34.8 Å². The third-order valence-electron chi connectivity index (χ3n) is 6.23. The number of nitrogens with zero attached hydrogens (tertiary/aromatic N) is 3. The topological polar surface area (TPSA) is 114 Å². The van der Waals surface area contributed by atoms with E-state index < -0.39 is 25.9 Å². The Hall–Kier alpha value is -1.90. The second kappa shape index (κ2) is 9.52. The summed E-state index contributed by atoms with van der Waals surface area (Å²) >= 11 is 2.35. The van der Waals surface area contributed by atoms with Gasteiger partial charge in [0.25, 0.3) is 10.0 Å². The third kappa shape index (κ3) is 4.89. The Morgan fingerprint density at radius 2 is 2.03 bits per heavy atom. The van der Waals surface area contributed by atoms with Gasteiger partial charge in [-0.15, -0.1) is 11.3 Å². The number of hydrogen-bond donors (Lipinski definition) is 0. The van der Waals surface area contributed by atoms with Gasteiger partial charge in [-0.05, 0) is 55.3 Å². The maximum absolute atomic E-state index is 13.9. The van der Waals surface area contributed by atoms with E-state index in [1.165, 1.54) is 26.6 Å². The number of fused-ring (bicyclic) bond motifs is 1. The van der Waals surface area contributed by atoms with Crippen molar-refractivity contribution in [3.63, 3.8) is 0 Å². The molecule has 0 bridgehead atoms. The molecule has 3 aromatic rings. The van der Waals surface area contributed by atoms with Gasteiger partial charge in [-0.2, -0.15) is 4.31 Å². The molecule has 2 aliphatic heterocycles. The summed E-state index contributed by atoms with van der Waals surface area (Å²) in [4.78, 5) is 20.2. The third-order valence-corrected chi connectivity index (χ3v) is 11.7. The van der Waals surface area contributed by atoms with Crippen LogP contribution in [0.15, 0.2) is 44.8 Å². The number of amides is 1. The second-order valence-corrected chi connectivity index (χ2v) is 14.8. The normalized spacial score (nSPS) is 21.6. The summed E-state index contributed by atoms with van der Waals surface area (Å²) in [5.41, 5.74) is 0.581. The number of aromatic nitrogens is 1. The van der Waals surface area contributed by atoms with Gasteiger partial charge in [0.15, 0.2) is 15.0 Å². The molecule has 1 aromatic carbocycles. The van der Waals surface area contributed by atoms with Gasteiger partial charge in [0.2, 0.25) is 5.91 Å². The largest absolute Gasteiger partial charge is 0.376 e. The van der Waals surface area contributed by atoms with Crippen LogP contribution < -0.4 is 4.90 Å². The fourth-order valence-corrected chi connectivity index (χ4v) is 8.99. The molecule has 4 heterocycles. The zero-order chi connectivity index (χ0) is 24.8. The fourth-order valence-electron chi connectivity index (χ4n) is 4.47. The zero-order valence-corrected chi connectivity index (χ0v) is 22.3. The van der Waals surface area contributed by atoms with E-state index in [0.717, 1.165) is 30.4 Å². The van der Waals surface area contributed by atoms with E-state index >= 15 is 0 Å². The van der Waals surface area contributed by atoms with Crippen molar-refractivity contribution in [1.82, 2.24) is 9.29 Å². The van der Waals surface area contributed by atoms with Gasteiger partial charge in [-0.25, -0.2) is 21.8 Å². The number of ether oxygens (including phenoxy) is 1. The molecule has 188 valence electrons. The van der Waals surface area contributed by atoms with Crippen molar-refractivity contribution in [2.24, 2.45) is 0 Å². The number of carbonyl (C=O) groups excluding carboxylic acids is 1. The molecule has 0 aliphatic carbocycles. The number of carbonyl (C=O) groups is 1. The Morgan fingerprint density at radius 3 is 2.71 bits per heavy atom. The van der Waals surface area contributed by atoms with E-state index in [9.17, 15) is 21.6 Å². The number of thiazole rings is 1. The molecular formula is C22H25N3O6S4. The molecule has 2 unspecified atom stereocenters. The van der Waals surface area contributed by atoms with E-state index in [2.05, 4.69) is 4.98 Å². The molecule has 35 heavy (non-hydrogen) atoms. The molecule has 2 atom stereocenters. The van der Waals surface area contributed by atoms with Gasteiger partial charge in [0.05, 0.1) is 27.8 Å². The maximum Gasteiger partial charge on any atom is 0.253 e. The Labute approximate surface area is 212 Å². The molecule has 5 rings (SSSR count). The van der Waals surface area contributed by atoms with Gasteiger partial charge < -0.3 is 4.74 Å². The van der Waals surface area contributed by atoms with Crippen LogP contribution in [0, 0.1) is 0 Å². The van der Waals surface area contributed by atoms with Crippen molar-refractivity contribution in [3.8, 4) is 0 Å². The van der Waals surface area contributed by atoms with Crippen LogP contribution in [0.3, 0.4) is 0 Å². The summed E-state index contributed by atoms with van der Waals surface area (Å²) < 4.78 is 58.5. The summed E-state index contributed by atoms with van der Waals surface area (Å²) in [6, 6.07) is 7.09. The summed E-state index contributed by atoms with van der Waals surface area (Å²) in [5.74, 6) is -0.333. The van der Waals surface area contributed by atoms with Gasteiger partial charge in [0.1, 0.15) is 10.3 Å². The smallest absolute Gasteiger partial charge is 0.253 e. The van der Waals surface area contributed by atoms with Crippen LogP contribution in [0.1, 0.15) is 25.7 Å². The fraction of sp³-hybridized carbons (Fsp3) is 0.455. The predicted molar refractivity (Wildman–Crippen MR) is 135 cm³/mol. The van der Waals surface area contributed by atoms with Crippen molar-refractivity contribution in [2.45, 2.75) is 46.9 Å². The average molecular weight is 556 g/mol. The number of sulfonamides is 1. The lowest BCUT2D eigenvalue weighted by Crippen LogP contribution is -2.49. The zero-order valence-electron chi connectivity index (χ0n) is 19.0. The molecule has 2 aliphatic rings. The maximum atomic E-state index is 13.9. The molecule has 13 heteroatoms. The van der Waals surface area contributed by atoms with Gasteiger partial charge >= 0.3 is 0 Å². The first kappa shape index (κ1) is 24.8.